The molecule has 0 spiro atoms. The zero-order valence-electron chi connectivity index (χ0n) is 8.64. The zero-order valence-corrected chi connectivity index (χ0v) is 9.45. The van der Waals surface area contributed by atoms with Crippen LogP contribution in [0.2, 0.25) is 0 Å². The Bertz CT molecular complexity index is 321. The van der Waals surface area contributed by atoms with Gasteiger partial charge in [0.05, 0.1) is 16.7 Å². The van der Waals surface area contributed by atoms with Crippen molar-refractivity contribution < 1.29 is 0 Å². The lowest BCUT2D eigenvalue weighted by Gasteiger charge is -2.22. The summed E-state index contributed by atoms with van der Waals surface area (Å²) in [7, 11) is 3.80. The van der Waals surface area contributed by atoms with Crippen LogP contribution >= 0.6 is 12.2 Å². The molecule has 78 valence electrons. The Morgan fingerprint density at radius 1 is 1.79 bits per heavy atom. The minimum absolute atomic E-state index is 0.0759. The van der Waals surface area contributed by atoms with Gasteiger partial charge in [-0.2, -0.15) is 0 Å². The van der Waals surface area contributed by atoms with Crippen LogP contribution in [0.15, 0.2) is 6.20 Å². The second kappa shape index (κ2) is 4.47. The SMILES string of the molecule is CC(C(N)=S)N(C)Cc1cn(C)nn1. The second-order valence-electron chi connectivity index (χ2n) is 3.38. The van der Waals surface area contributed by atoms with E-state index in [1.807, 2.05) is 32.1 Å². The summed E-state index contributed by atoms with van der Waals surface area (Å²) in [5.74, 6) is 0. The molecular formula is C8H15N5S. The van der Waals surface area contributed by atoms with Gasteiger partial charge in [0.25, 0.3) is 0 Å². The van der Waals surface area contributed by atoms with E-state index in [4.69, 9.17) is 18.0 Å². The highest BCUT2D eigenvalue weighted by atomic mass is 32.1. The molecule has 0 aliphatic carbocycles. The molecule has 6 heteroatoms. The molecule has 0 bridgehead atoms. The van der Waals surface area contributed by atoms with Gasteiger partial charge < -0.3 is 5.73 Å². The van der Waals surface area contributed by atoms with Crippen molar-refractivity contribution in [2.45, 2.75) is 19.5 Å². The number of likely N-dealkylation sites (N-methyl/N-ethyl adjacent to an activating group) is 1. The quantitative estimate of drug-likeness (QED) is 0.709. The number of rotatable bonds is 4. The van der Waals surface area contributed by atoms with Gasteiger partial charge in [-0.05, 0) is 14.0 Å². The highest BCUT2D eigenvalue weighted by Gasteiger charge is 2.13. The molecule has 1 rings (SSSR count). The topological polar surface area (TPSA) is 60.0 Å². The van der Waals surface area contributed by atoms with E-state index in [1.165, 1.54) is 0 Å². The van der Waals surface area contributed by atoms with E-state index in [1.54, 1.807) is 4.68 Å². The molecule has 2 N–H and O–H groups in total. The first-order chi connectivity index (χ1) is 6.50. The normalized spacial score (nSPS) is 13.1. The van der Waals surface area contributed by atoms with Crippen LogP contribution in [0.1, 0.15) is 12.6 Å². The van der Waals surface area contributed by atoms with Gasteiger partial charge in [0.15, 0.2) is 0 Å². The summed E-state index contributed by atoms with van der Waals surface area (Å²) < 4.78 is 1.68. The fourth-order valence-corrected chi connectivity index (χ4v) is 1.26. The average molecular weight is 213 g/mol. The van der Waals surface area contributed by atoms with Crippen molar-refractivity contribution in [2.75, 3.05) is 7.05 Å². The summed E-state index contributed by atoms with van der Waals surface area (Å²) in [5.41, 5.74) is 6.46. The van der Waals surface area contributed by atoms with Crippen LogP contribution < -0.4 is 5.73 Å². The van der Waals surface area contributed by atoms with Crippen molar-refractivity contribution in [2.24, 2.45) is 12.8 Å². The van der Waals surface area contributed by atoms with E-state index in [-0.39, 0.29) is 6.04 Å². The van der Waals surface area contributed by atoms with E-state index >= 15 is 0 Å². The van der Waals surface area contributed by atoms with Crippen molar-refractivity contribution in [3.8, 4) is 0 Å². The third kappa shape index (κ3) is 2.74. The Hall–Kier alpha value is -1.01. The van der Waals surface area contributed by atoms with Gasteiger partial charge in [0.1, 0.15) is 0 Å². The number of aryl methyl sites for hydroxylation is 1. The number of hydrogen-bond acceptors (Lipinski definition) is 4. The summed E-state index contributed by atoms with van der Waals surface area (Å²) >= 11 is 4.91. The fraction of sp³-hybridized carbons (Fsp3) is 0.625. The molecule has 0 aliphatic rings. The Kier molecular flexibility index (Phi) is 3.54. The number of nitrogens with two attached hydrogens (primary N) is 1. The fourth-order valence-electron chi connectivity index (χ4n) is 1.08. The minimum atomic E-state index is 0.0759. The van der Waals surface area contributed by atoms with Gasteiger partial charge in [-0.3, -0.25) is 9.58 Å². The van der Waals surface area contributed by atoms with Crippen LogP contribution in [0.25, 0.3) is 0 Å². The van der Waals surface area contributed by atoms with Gasteiger partial charge >= 0.3 is 0 Å². The third-order valence-electron chi connectivity index (χ3n) is 2.13. The van der Waals surface area contributed by atoms with Gasteiger partial charge in [-0.25, -0.2) is 0 Å². The Balaban J connectivity index is 2.56. The second-order valence-corrected chi connectivity index (χ2v) is 3.85. The van der Waals surface area contributed by atoms with Crippen LogP contribution in [0.3, 0.4) is 0 Å². The van der Waals surface area contributed by atoms with Crippen molar-refractivity contribution in [3.05, 3.63) is 11.9 Å². The van der Waals surface area contributed by atoms with Gasteiger partial charge in [-0.15, -0.1) is 5.10 Å². The molecule has 5 nitrogen and oxygen atoms in total. The van der Waals surface area contributed by atoms with Crippen LogP contribution in [0, 0.1) is 0 Å². The predicted molar refractivity (Wildman–Crippen MR) is 58.7 cm³/mol. The van der Waals surface area contributed by atoms with Gasteiger partial charge in [0.2, 0.25) is 0 Å². The lowest BCUT2D eigenvalue weighted by molar-refractivity contribution is 0.300. The van der Waals surface area contributed by atoms with Crippen LogP contribution in [0.4, 0.5) is 0 Å². The van der Waals surface area contributed by atoms with Crippen LogP contribution in [-0.4, -0.2) is 38.0 Å². The number of thiocarbonyl (C=S) groups is 1. The molecular weight excluding hydrogens is 198 g/mol. The molecule has 1 heterocycles. The molecule has 0 radical (unpaired) electrons. The summed E-state index contributed by atoms with van der Waals surface area (Å²) in [6.45, 7) is 2.67. The molecule has 1 aromatic heterocycles. The lowest BCUT2D eigenvalue weighted by Crippen LogP contribution is -2.38. The first-order valence-corrected chi connectivity index (χ1v) is 4.76. The maximum Gasteiger partial charge on any atom is 0.0967 e. The van der Waals surface area contributed by atoms with Crippen LogP contribution in [0.5, 0.6) is 0 Å². The maximum atomic E-state index is 5.54. The molecule has 0 amide bonds. The Morgan fingerprint density at radius 3 is 2.86 bits per heavy atom. The number of aromatic nitrogens is 3. The Labute approximate surface area is 88.9 Å². The monoisotopic (exact) mass is 213 g/mol. The highest BCUT2D eigenvalue weighted by Crippen LogP contribution is 2.02. The summed E-state index contributed by atoms with van der Waals surface area (Å²) in [4.78, 5) is 2.53. The lowest BCUT2D eigenvalue weighted by atomic mass is 10.3. The number of nitrogens with zero attached hydrogens (tertiary/aromatic N) is 4. The van der Waals surface area contributed by atoms with E-state index < -0.39 is 0 Å². The molecule has 1 atom stereocenters. The van der Waals surface area contributed by atoms with Crippen molar-refractivity contribution in [1.82, 2.24) is 19.9 Å². The van der Waals surface area contributed by atoms with E-state index in [9.17, 15) is 0 Å². The van der Waals surface area contributed by atoms with E-state index in [0.717, 1.165) is 5.69 Å². The molecule has 1 unspecified atom stereocenters. The minimum Gasteiger partial charge on any atom is -0.392 e. The summed E-state index contributed by atoms with van der Waals surface area (Å²) in [5, 5.41) is 7.83. The molecule has 0 fully saturated rings. The molecule has 0 aliphatic heterocycles. The van der Waals surface area contributed by atoms with Crippen molar-refractivity contribution >= 4 is 17.2 Å². The van der Waals surface area contributed by atoms with Crippen molar-refractivity contribution in [1.29, 1.82) is 0 Å². The van der Waals surface area contributed by atoms with Crippen molar-refractivity contribution in [3.63, 3.8) is 0 Å². The maximum absolute atomic E-state index is 5.54. The third-order valence-corrected chi connectivity index (χ3v) is 2.48. The molecule has 0 aromatic carbocycles. The number of hydrogen-bond donors (Lipinski definition) is 1. The first kappa shape index (κ1) is 11.1. The van der Waals surface area contributed by atoms with Gasteiger partial charge in [-0.1, -0.05) is 17.4 Å². The van der Waals surface area contributed by atoms with E-state index in [0.29, 0.717) is 11.5 Å². The van der Waals surface area contributed by atoms with Gasteiger partial charge in [0, 0.05) is 19.8 Å². The summed E-state index contributed by atoms with van der Waals surface area (Å²) in [6.07, 6.45) is 1.88. The smallest absolute Gasteiger partial charge is 0.0967 e. The van der Waals surface area contributed by atoms with E-state index in [2.05, 4.69) is 10.3 Å². The standard InChI is InChI=1S/C8H15N5S/c1-6(8(9)14)12(2)4-7-5-13(3)11-10-7/h5-6H,4H2,1-3H3,(H2,9,14). The van der Waals surface area contributed by atoms with Crippen LogP contribution in [-0.2, 0) is 13.6 Å². The molecule has 0 saturated carbocycles. The molecule has 14 heavy (non-hydrogen) atoms. The molecule has 0 saturated heterocycles. The highest BCUT2D eigenvalue weighted by molar-refractivity contribution is 7.80. The molecule has 1 aromatic rings. The Morgan fingerprint density at radius 2 is 2.43 bits per heavy atom. The largest absolute Gasteiger partial charge is 0.392 e. The average Bonchev–Trinajstić information content (AvgIpc) is 2.49. The first-order valence-electron chi connectivity index (χ1n) is 4.35. The predicted octanol–water partition coefficient (Wildman–Crippen LogP) is -0.0785. The summed E-state index contributed by atoms with van der Waals surface area (Å²) in [6, 6.07) is 0.0759. The zero-order chi connectivity index (χ0) is 10.7.